The molecule has 0 spiro atoms. The maximum absolute atomic E-state index is 5.74. The van der Waals surface area contributed by atoms with Crippen molar-refractivity contribution in [3.8, 4) is 5.75 Å². The van der Waals surface area contributed by atoms with E-state index in [2.05, 4.69) is 10.3 Å². The Morgan fingerprint density at radius 3 is 2.75 bits per heavy atom. The van der Waals surface area contributed by atoms with Gasteiger partial charge in [0.25, 0.3) is 0 Å². The smallest absolute Gasteiger partial charge is 0.146 e. The Hall–Kier alpha value is -1.77. The van der Waals surface area contributed by atoms with Gasteiger partial charge in [0.15, 0.2) is 0 Å². The van der Waals surface area contributed by atoms with E-state index in [1.54, 1.807) is 6.20 Å². The third-order valence-corrected chi connectivity index (χ3v) is 2.36. The van der Waals surface area contributed by atoms with E-state index in [0.29, 0.717) is 0 Å². The Balaban J connectivity index is 2.60. The lowest BCUT2D eigenvalue weighted by molar-refractivity contribution is 0.245. The van der Waals surface area contributed by atoms with Crippen molar-refractivity contribution in [1.29, 1.82) is 0 Å². The number of aromatic nitrogens is 1. The number of nitrogens with zero attached hydrogens (tertiary/aromatic N) is 1. The lowest BCUT2D eigenvalue weighted by Crippen LogP contribution is -2.06. The van der Waals surface area contributed by atoms with Gasteiger partial charge in [0.2, 0.25) is 0 Å². The Morgan fingerprint density at radius 1 is 1.25 bits per heavy atom. The summed E-state index contributed by atoms with van der Waals surface area (Å²) in [5.74, 6) is 0.838. The molecule has 0 bridgehead atoms. The van der Waals surface area contributed by atoms with E-state index >= 15 is 0 Å². The van der Waals surface area contributed by atoms with Gasteiger partial charge in [0, 0.05) is 24.3 Å². The summed E-state index contributed by atoms with van der Waals surface area (Å²) in [4.78, 5) is 4.38. The highest BCUT2D eigenvalue weighted by atomic mass is 16.5. The van der Waals surface area contributed by atoms with Crippen molar-refractivity contribution in [3.63, 3.8) is 0 Å². The largest absolute Gasteiger partial charge is 0.489 e. The molecule has 16 heavy (non-hydrogen) atoms. The van der Waals surface area contributed by atoms with Gasteiger partial charge in [-0.2, -0.15) is 0 Å². The van der Waals surface area contributed by atoms with Crippen LogP contribution >= 0.6 is 0 Å². The maximum atomic E-state index is 5.74. The zero-order valence-corrected chi connectivity index (χ0v) is 9.82. The topological polar surface area (TPSA) is 34.1 Å². The van der Waals surface area contributed by atoms with Crippen LogP contribution in [0.5, 0.6) is 5.75 Å². The van der Waals surface area contributed by atoms with Crippen LogP contribution in [0.4, 0.5) is 5.69 Å². The molecule has 0 atom stereocenters. The van der Waals surface area contributed by atoms with E-state index in [1.807, 2.05) is 45.2 Å². The van der Waals surface area contributed by atoms with Crippen LogP contribution in [0.3, 0.4) is 0 Å². The summed E-state index contributed by atoms with van der Waals surface area (Å²) >= 11 is 0. The number of benzene rings is 1. The molecule has 0 amide bonds. The second-order valence-corrected chi connectivity index (χ2v) is 3.93. The van der Waals surface area contributed by atoms with Crippen LogP contribution in [0.1, 0.15) is 13.8 Å². The normalized spacial score (nSPS) is 10.8. The summed E-state index contributed by atoms with van der Waals surface area (Å²) in [5.41, 5.74) is 1.97. The van der Waals surface area contributed by atoms with E-state index < -0.39 is 0 Å². The highest BCUT2D eigenvalue weighted by Gasteiger charge is 2.07. The predicted molar refractivity (Wildman–Crippen MR) is 67.1 cm³/mol. The molecule has 1 aromatic heterocycles. The summed E-state index contributed by atoms with van der Waals surface area (Å²) in [6.07, 6.45) is 1.94. The number of nitrogens with one attached hydrogen (secondary N) is 1. The van der Waals surface area contributed by atoms with Crippen LogP contribution in [0, 0.1) is 0 Å². The van der Waals surface area contributed by atoms with Crippen molar-refractivity contribution in [2.45, 2.75) is 20.0 Å². The second kappa shape index (κ2) is 4.39. The minimum atomic E-state index is 0.158. The number of rotatable bonds is 3. The molecule has 0 unspecified atom stereocenters. The van der Waals surface area contributed by atoms with Gasteiger partial charge in [0.1, 0.15) is 11.3 Å². The van der Waals surface area contributed by atoms with Crippen LogP contribution in [0.25, 0.3) is 10.9 Å². The molecular formula is C13H16N2O. The van der Waals surface area contributed by atoms with E-state index in [0.717, 1.165) is 22.3 Å². The molecule has 1 aromatic carbocycles. The molecule has 3 heteroatoms. The zero-order valence-electron chi connectivity index (χ0n) is 9.82. The van der Waals surface area contributed by atoms with Crippen molar-refractivity contribution >= 4 is 16.6 Å². The molecule has 3 nitrogen and oxygen atoms in total. The highest BCUT2D eigenvalue weighted by Crippen LogP contribution is 2.30. The number of fused-ring (bicyclic) bond motifs is 1. The highest BCUT2D eigenvalue weighted by molar-refractivity contribution is 5.95. The average Bonchev–Trinajstić information content (AvgIpc) is 2.29. The molecule has 0 saturated heterocycles. The molecule has 0 fully saturated rings. The summed E-state index contributed by atoms with van der Waals surface area (Å²) < 4.78 is 5.74. The lowest BCUT2D eigenvalue weighted by atomic mass is 10.1. The first-order chi connectivity index (χ1) is 7.72. The van der Waals surface area contributed by atoms with Crippen LogP contribution < -0.4 is 10.1 Å². The van der Waals surface area contributed by atoms with Gasteiger partial charge in [-0.3, -0.25) is 4.98 Å². The van der Waals surface area contributed by atoms with E-state index in [4.69, 9.17) is 4.74 Å². The van der Waals surface area contributed by atoms with Gasteiger partial charge >= 0.3 is 0 Å². The first-order valence-corrected chi connectivity index (χ1v) is 5.44. The fraction of sp³-hybridized carbons (Fsp3) is 0.308. The van der Waals surface area contributed by atoms with Gasteiger partial charge in [0.05, 0.1) is 6.10 Å². The quantitative estimate of drug-likeness (QED) is 0.856. The van der Waals surface area contributed by atoms with Crippen molar-refractivity contribution in [2.75, 3.05) is 12.4 Å². The van der Waals surface area contributed by atoms with Crippen LogP contribution in [-0.4, -0.2) is 18.1 Å². The molecule has 0 aliphatic carbocycles. The van der Waals surface area contributed by atoms with Crippen LogP contribution in [0.2, 0.25) is 0 Å². The molecule has 1 heterocycles. The van der Waals surface area contributed by atoms with Crippen molar-refractivity contribution in [3.05, 3.63) is 30.5 Å². The number of anilines is 1. The van der Waals surface area contributed by atoms with Gasteiger partial charge in [-0.05, 0) is 38.1 Å². The summed E-state index contributed by atoms with van der Waals surface area (Å²) in [5, 5.41) is 4.24. The van der Waals surface area contributed by atoms with Gasteiger partial charge in [-0.25, -0.2) is 0 Å². The van der Waals surface area contributed by atoms with Crippen molar-refractivity contribution < 1.29 is 4.74 Å². The number of hydrogen-bond donors (Lipinski definition) is 1. The Kier molecular flexibility index (Phi) is 2.95. The molecule has 0 aliphatic heterocycles. The van der Waals surface area contributed by atoms with Crippen molar-refractivity contribution in [1.82, 2.24) is 4.98 Å². The predicted octanol–water partition coefficient (Wildman–Crippen LogP) is 3.06. The lowest BCUT2D eigenvalue weighted by Gasteiger charge is -2.13. The minimum Gasteiger partial charge on any atom is -0.489 e. The molecule has 2 rings (SSSR count). The summed E-state index contributed by atoms with van der Waals surface area (Å²) in [6.45, 7) is 4.03. The SMILES string of the molecule is CNc1ccc(OC(C)C)c2ncccc12. The third-order valence-electron chi connectivity index (χ3n) is 2.36. The zero-order chi connectivity index (χ0) is 11.5. The first kappa shape index (κ1) is 10.7. The van der Waals surface area contributed by atoms with Gasteiger partial charge in [-0.1, -0.05) is 0 Å². The van der Waals surface area contributed by atoms with Crippen LogP contribution in [0.15, 0.2) is 30.5 Å². The number of hydrogen-bond acceptors (Lipinski definition) is 3. The fourth-order valence-electron chi connectivity index (χ4n) is 1.71. The Bertz CT molecular complexity index is 494. The maximum Gasteiger partial charge on any atom is 0.146 e. The first-order valence-electron chi connectivity index (χ1n) is 5.44. The minimum absolute atomic E-state index is 0.158. The van der Waals surface area contributed by atoms with E-state index in [9.17, 15) is 0 Å². The summed E-state index contributed by atoms with van der Waals surface area (Å²) in [7, 11) is 1.91. The van der Waals surface area contributed by atoms with E-state index in [1.165, 1.54) is 0 Å². The molecule has 1 N–H and O–H groups in total. The Labute approximate surface area is 95.5 Å². The molecular weight excluding hydrogens is 200 g/mol. The van der Waals surface area contributed by atoms with Crippen LogP contribution in [-0.2, 0) is 0 Å². The van der Waals surface area contributed by atoms with Gasteiger partial charge in [-0.15, -0.1) is 0 Å². The monoisotopic (exact) mass is 216 g/mol. The molecule has 84 valence electrons. The Morgan fingerprint density at radius 2 is 2.06 bits per heavy atom. The molecule has 0 saturated carbocycles. The average molecular weight is 216 g/mol. The summed E-state index contributed by atoms with van der Waals surface area (Å²) in [6, 6.07) is 7.95. The standard InChI is InChI=1S/C13H16N2O/c1-9(2)16-12-7-6-11(14-3)10-5-4-8-15-13(10)12/h4-9,14H,1-3H3. The number of pyridine rings is 1. The molecule has 0 radical (unpaired) electrons. The van der Waals surface area contributed by atoms with Gasteiger partial charge < -0.3 is 10.1 Å². The molecule has 0 aliphatic rings. The number of ether oxygens (including phenoxy) is 1. The van der Waals surface area contributed by atoms with Crippen molar-refractivity contribution in [2.24, 2.45) is 0 Å². The van der Waals surface area contributed by atoms with E-state index in [-0.39, 0.29) is 6.10 Å². The second-order valence-electron chi connectivity index (χ2n) is 3.93. The molecule has 2 aromatic rings. The third kappa shape index (κ3) is 1.94. The fourth-order valence-corrected chi connectivity index (χ4v) is 1.71.